The lowest BCUT2D eigenvalue weighted by Crippen LogP contribution is -2.50. The van der Waals surface area contributed by atoms with Gasteiger partial charge in [-0.05, 0) is 59.0 Å². The number of hydrogen-bond acceptors (Lipinski definition) is 5. The average Bonchev–Trinajstić information content (AvgIpc) is 2.75. The zero-order valence-electron chi connectivity index (χ0n) is 18.2. The van der Waals surface area contributed by atoms with Crippen molar-refractivity contribution in [1.82, 2.24) is 15.1 Å². The molecule has 0 radical (unpaired) electrons. The van der Waals surface area contributed by atoms with Crippen LogP contribution in [0.25, 0.3) is 0 Å². The van der Waals surface area contributed by atoms with Gasteiger partial charge in [0.25, 0.3) is 0 Å². The van der Waals surface area contributed by atoms with E-state index < -0.39 is 41.6 Å². The molecule has 1 aromatic carbocycles. The fraction of sp³-hybridized carbons (Fsp3) is 0.619. The highest BCUT2D eigenvalue weighted by molar-refractivity contribution is 5.95. The number of amides is 2. The third-order valence-corrected chi connectivity index (χ3v) is 5.24. The number of halogens is 3. The number of benzene rings is 1. The molecule has 1 atom stereocenters. The van der Waals surface area contributed by atoms with Crippen LogP contribution in [-0.4, -0.2) is 80.6 Å². The zero-order valence-corrected chi connectivity index (χ0v) is 18.2. The first-order valence-electron chi connectivity index (χ1n) is 10.4. The third-order valence-electron chi connectivity index (χ3n) is 5.24. The summed E-state index contributed by atoms with van der Waals surface area (Å²) in [5.41, 5.74) is -0.487. The molecule has 10 heteroatoms. The summed E-state index contributed by atoms with van der Waals surface area (Å²) >= 11 is 0. The van der Waals surface area contributed by atoms with Gasteiger partial charge in [0, 0.05) is 19.7 Å². The van der Waals surface area contributed by atoms with Gasteiger partial charge in [0.1, 0.15) is 0 Å². The number of carbonyl (C=O) groups excluding carboxylic acids is 2. The van der Waals surface area contributed by atoms with Gasteiger partial charge in [-0.2, -0.15) is 0 Å². The van der Waals surface area contributed by atoms with Gasteiger partial charge in [-0.1, -0.05) is 0 Å². The van der Waals surface area contributed by atoms with Crippen molar-refractivity contribution in [3.8, 4) is 0 Å². The Morgan fingerprint density at radius 1 is 1.19 bits per heavy atom. The predicted molar refractivity (Wildman–Crippen MR) is 111 cm³/mol. The third kappa shape index (κ3) is 7.79. The van der Waals surface area contributed by atoms with Crippen molar-refractivity contribution in [1.29, 1.82) is 0 Å². The molecular formula is C21H31F3N4O3. The van der Waals surface area contributed by atoms with Crippen LogP contribution in [-0.2, 0) is 14.3 Å². The second-order valence-electron chi connectivity index (χ2n) is 7.93. The van der Waals surface area contributed by atoms with Crippen molar-refractivity contribution < 1.29 is 27.5 Å². The highest BCUT2D eigenvalue weighted by Crippen LogP contribution is 2.19. The van der Waals surface area contributed by atoms with Gasteiger partial charge in [-0.3, -0.25) is 14.5 Å². The van der Waals surface area contributed by atoms with Crippen molar-refractivity contribution in [2.24, 2.45) is 0 Å². The van der Waals surface area contributed by atoms with E-state index in [1.54, 1.807) is 6.92 Å². The Balaban J connectivity index is 1.70. The minimum absolute atomic E-state index is 0.186. The van der Waals surface area contributed by atoms with E-state index in [2.05, 4.69) is 15.5 Å². The lowest BCUT2D eigenvalue weighted by molar-refractivity contribution is -0.129. The number of rotatable bonds is 10. The molecule has 0 spiro atoms. The second kappa shape index (κ2) is 12.0. The Labute approximate surface area is 180 Å². The second-order valence-corrected chi connectivity index (χ2v) is 7.93. The smallest absolute Gasteiger partial charge is 0.243 e. The summed E-state index contributed by atoms with van der Waals surface area (Å²) in [6.45, 7) is 4.45. The van der Waals surface area contributed by atoms with Crippen LogP contribution in [0.5, 0.6) is 0 Å². The van der Waals surface area contributed by atoms with Crippen LogP contribution < -0.4 is 10.6 Å². The standard InChI is InChI=1S/C21H31F3N4O3/c1-14(28-10-7-15(8-11-28)31-12-4-9-27(2)3)21(30)25-13-18(29)26-17-6-5-16(22)19(23)20(17)24/h5-6,14-15H,4,7-13H2,1-3H3,(H,25,30)(H,26,29)/t14-/m0/s1. The lowest BCUT2D eigenvalue weighted by Gasteiger charge is -2.35. The van der Waals surface area contributed by atoms with E-state index in [1.165, 1.54) is 0 Å². The molecule has 2 amide bonds. The van der Waals surface area contributed by atoms with Gasteiger partial charge in [0.2, 0.25) is 11.8 Å². The maximum Gasteiger partial charge on any atom is 0.243 e. The lowest BCUT2D eigenvalue weighted by atomic mass is 10.1. The monoisotopic (exact) mass is 444 g/mol. The minimum Gasteiger partial charge on any atom is -0.378 e. The van der Waals surface area contributed by atoms with Gasteiger partial charge in [0.15, 0.2) is 17.5 Å². The molecule has 2 N–H and O–H groups in total. The van der Waals surface area contributed by atoms with Gasteiger partial charge >= 0.3 is 0 Å². The number of carbonyl (C=O) groups is 2. The first-order chi connectivity index (χ1) is 14.7. The molecule has 31 heavy (non-hydrogen) atoms. The number of likely N-dealkylation sites (tertiary alicyclic amines) is 1. The Morgan fingerprint density at radius 3 is 2.52 bits per heavy atom. The van der Waals surface area contributed by atoms with Crippen molar-refractivity contribution in [2.45, 2.75) is 38.3 Å². The fourth-order valence-electron chi connectivity index (χ4n) is 3.36. The molecular weight excluding hydrogens is 413 g/mol. The van der Waals surface area contributed by atoms with Gasteiger partial charge < -0.3 is 20.3 Å². The molecule has 0 unspecified atom stereocenters. The Kier molecular flexibility index (Phi) is 9.73. The summed E-state index contributed by atoms with van der Waals surface area (Å²) in [5.74, 6) is -5.58. The van der Waals surface area contributed by atoms with E-state index in [9.17, 15) is 22.8 Å². The number of piperidine rings is 1. The first kappa shape index (κ1) is 25.1. The summed E-state index contributed by atoms with van der Waals surface area (Å²) in [6, 6.07) is 1.19. The van der Waals surface area contributed by atoms with Crippen LogP contribution in [0.1, 0.15) is 26.2 Å². The molecule has 1 aliphatic rings. The topological polar surface area (TPSA) is 73.9 Å². The molecule has 1 heterocycles. The van der Waals surface area contributed by atoms with Crippen LogP contribution in [0, 0.1) is 17.5 Å². The maximum absolute atomic E-state index is 13.6. The van der Waals surface area contributed by atoms with Crippen molar-refractivity contribution in [3.05, 3.63) is 29.6 Å². The maximum atomic E-state index is 13.6. The van der Waals surface area contributed by atoms with Crippen molar-refractivity contribution >= 4 is 17.5 Å². The molecule has 1 saturated heterocycles. The average molecular weight is 444 g/mol. The molecule has 1 aromatic rings. The SMILES string of the molecule is C[C@@H](C(=O)NCC(=O)Nc1ccc(F)c(F)c1F)N1CCC(OCCCN(C)C)CC1. The summed E-state index contributed by atoms with van der Waals surface area (Å²) in [4.78, 5) is 28.4. The summed E-state index contributed by atoms with van der Waals surface area (Å²) < 4.78 is 45.7. The molecule has 1 fully saturated rings. The summed E-state index contributed by atoms with van der Waals surface area (Å²) in [5, 5.41) is 4.61. The molecule has 7 nitrogen and oxygen atoms in total. The van der Waals surface area contributed by atoms with E-state index >= 15 is 0 Å². The summed E-state index contributed by atoms with van der Waals surface area (Å²) in [6.07, 6.45) is 2.82. The first-order valence-corrected chi connectivity index (χ1v) is 10.4. The molecule has 0 aliphatic carbocycles. The zero-order chi connectivity index (χ0) is 23.0. The molecule has 0 aromatic heterocycles. The van der Waals surface area contributed by atoms with Gasteiger partial charge in [-0.25, -0.2) is 13.2 Å². The van der Waals surface area contributed by atoms with E-state index in [0.717, 1.165) is 31.9 Å². The number of anilines is 1. The quantitative estimate of drug-likeness (QED) is 0.427. The van der Waals surface area contributed by atoms with Crippen LogP contribution in [0.15, 0.2) is 12.1 Å². The van der Waals surface area contributed by atoms with Crippen LogP contribution >= 0.6 is 0 Å². The molecule has 2 rings (SSSR count). The van der Waals surface area contributed by atoms with Crippen LogP contribution in [0.3, 0.4) is 0 Å². The van der Waals surface area contributed by atoms with Crippen molar-refractivity contribution in [3.63, 3.8) is 0 Å². The van der Waals surface area contributed by atoms with Crippen LogP contribution in [0.4, 0.5) is 18.9 Å². The number of nitrogens with zero attached hydrogens (tertiary/aromatic N) is 2. The number of nitrogens with one attached hydrogen (secondary N) is 2. The summed E-state index contributed by atoms with van der Waals surface area (Å²) in [7, 11) is 4.05. The normalized spacial score (nSPS) is 16.4. The fourth-order valence-corrected chi connectivity index (χ4v) is 3.36. The van der Waals surface area contributed by atoms with Gasteiger partial charge in [0.05, 0.1) is 24.4 Å². The molecule has 0 bridgehead atoms. The Bertz CT molecular complexity index is 756. The van der Waals surface area contributed by atoms with E-state index in [0.29, 0.717) is 25.8 Å². The largest absolute Gasteiger partial charge is 0.378 e. The molecule has 1 aliphatic heterocycles. The van der Waals surface area contributed by atoms with E-state index in [1.807, 2.05) is 19.0 Å². The highest BCUT2D eigenvalue weighted by Gasteiger charge is 2.27. The Hall–Kier alpha value is -2.17. The molecule has 174 valence electrons. The van der Waals surface area contributed by atoms with Crippen molar-refractivity contribution in [2.75, 3.05) is 52.2 Å². The Morgan fingerprint density at radius 2 is 1.87 bits per heavy atom. The van der Waals surface area contributed by atoms with Gasteiger partial charge in [-0.15, -0.1) is 0 Å². The number of ether oxygens (including phenoxy) is 1. The van der Waals surface area contributed by atoms with E-state index in [-0.39, 0.29) is 12.0 Å². The molecule has 0 saturated carbocycles. The highest BCUT2D eigenvalue weighted by atomic mass is 19.2. The minimum atomic E-state index is -1.67. The van der Waals surface area contributed by atoms with E-state index in [4.69, 9.17) is 4.74 Å². The van der Waals surface area contributed by atoms with Crippen LogP contribution in [0.2, 0.25) is 0 Å². The number of hydrogen-bond donors (Lipinski definition) is 2. The predicted octanol–water partition coefficient (Wildman–Crippen LogP) is 1.98.